The zero-order chi connectivity index (χ0) is 19.3. The highest BCUT2D eigenvalue weighted by molar-refractivity contribution is 5.91. The van der Waals surface area contributed by atoms with Gasteiger partial charge >= 0.3 is 0 Å². The molecule has 1 unspecified atom stereocenters. The van der Waals surface area contributed by atoms with Gasteiger partial charge in [0.1, 0.15) is 11.5 Å². The smallest absolute Gasteiger partial charge is 0.182 e. The molecule has 0 radical (unpaired) electrons. The van der Waals surface area contributed by atoms with Gasteiger partial charge in [0.2, 0.25) is 0 Å². The van der Waals surface area contributed by atoms with Crippen LogP contribution in [-0.4, -0.2) is 61.4 Å². The maximum Gasteiger partial charge on any atom is 0.182 e. The lowest BCUT2D eigenvalue weighted by molar-refractivity contribution is 0.0874. The van der Waals surface area contributed by atoms with Crippen LogP contribution in [0.4, 0.5) is 5.82 Å². The van der Waals surface area contributed by atoms with E-state index in [1.165, 1.54) is 25.8 Å². The summed E-state index contributed by atoms with van der Waals surface area (Å²) in [6.07, 6.45) is 5.79. The van der Waals surface area contributed by atoms with Gasteiger partial charge < -0.3 is 4.90 Å². The van der Waals surface area contributed by atoms with E-state index >= 15 is 0 Å². The molecule has 0 saturated carbocycles. The van der Waals surface area contributed by atoms with Gasteiger partial charge in [0.05, 0.1) is 11.1 Å². The molecule has 7 nitrogen and oxygen atoms in total. The highest BCUT2D eigenvalue weighted by Gasteiger charge is 2.37. The SMILES string of the molecule is Cc1nn(C)c2nc(-c3ccccn3)nc(N3CC(N4CCCCC4C)C3)c12. The maximum atomic E-state index is 4.95. The first-order chi connectivity index (χ1) is 13.6. The Kier molecular flexibility index (Phi) is 4.27. The Bertz CT molecular complexity index is 991. The predicted molar refractivity (Wildman–Crippen MR) is 110 cm³/mol. The Balaban J connectivity index is 1.50. The van der Waals surface area contributed by atoms with E-state index in [4.69, 9.17) is 9.97 Å². The molecule has 0 aromatic carbocycles. The van der Waals surface area contributed by atoms with E-state index in [2.05, 4.69) is 26.8 Å². The molecule has 2 aliphatic heterocycles. The third kappa shape index (κ3) is 2.85. The summed E-state index contributed by atoms with van der Waals surface area (Å²) in [5, 5.41) is 5.67. The quantitative estimate of drug-likeness (QED) is 0.699. The van der Waals surface area contributed by atoms with E-state index in [1.807, 2.05) is 36.9 Å². The molecule has 1 atom stereocenters. The van der Waals surface area contributed by atoms with Gasteiger partial charge in [0.15, 0.2) is 11.5 Å². The minimum Gasteiger partial charge on any atom is -0.353 e. The standard InChI is InChI=1S/C21H27N7/c1-14-8-5-7-11-28(14)16-12-27(13-16)21-18-15(2)25-26(3)20(18)23-19(24-21)17-9-4-6-10-22-17/h4,6,9-10,14,16H,5,7-8,11-13H2,1-3H3. The fourth-order valence-electron chi connectivity index (χ4n) is 4.66. The van der Waals surface area contributed by atoms with Crippen LogP contribution >= 0.6 is 0 Å². The number of fused-ring (bicyclic) bond motifs is 1. The number of likely N-dealkylation sites (tertiary alicyclic amines) is 1. The number of nitrogens with zero attached hydrogens (tertiary/aromatic N) is 7. The van der Waals surface area contributed by atoms with Crippen molar-refractivity contribution < 1.29 is 0 Å². The summed E-state index contributed by atoms with van der Waals surface area (Å²) in [5.41, 5.74) is 2.65. The average molecular weight is 377 g/mol. The Morgan fingerprint density at radius 1 is 1.11 bits per heavy atom. The van der Waals surface area contributed by atoms with E-state index in [0.717, 1.165) is 41.3 Å². The van der Waals surface area contributed by atoms with E-state index in [-0.39, 0.29) is 0 Å². The number of aromatic nitrogens is 5. The fourth-order valence-corrected chi connectivity index (χ4v) is 4.66. The second kappa shape index (κ2) is 6.81. The molecule has 2 saturated heterocycles. The van der Waals surface area contributed by atoms with Gasteiger partial charge in [-0.15, -0.1) is 0 Å². The summed E-state index contributed by atoms with van der Waals surface area (Å²) in [7, 11) is 1.95. The van der Waals surface area contributed by atoms with Gasteiger partial charge in [-0.3, -0.25) is 14.6 Å². The van der Waals surface area contributed by atoms with E-state index in [0.29, 0.717) is 17.9 Å². The van der Waals surface area contributed by atoms with Crippen LogP contribution in [0.3, 0.4) is 0 Å². The van der Waals surface area contributed by atoms with Crippen molar-refractivity contribution in [3.8, 4) is 11.5 Å². The molecule has 28 heavy (non-hydrogen) atoms. The van der Waals surface area contributed by atoms with E-state index in [1.54, 1.807) is 6.20 Å². The summed E-state index contributed by atoms with van der Waals surface area (Å²) >= 11 is 0. The minimum atomic E-state index is 0.621. The molecule has 146 valence electrons. The van der Waals surface area contributed by atoms with Gasteiger partial charge in [-0.2, -0.15) is 5.10 Å². The van der Waals surface area contributed by atoms with Crippen LogP contribution in [0.15, 0.2) is 24.4 Å². The molecular weight excluding hydrogens is 350 g/mol. The largest absolute Gasteiger partial charge is 0.353 e. The summed E-state index contributed by atoms with van der Waals surface area (Å²) in [5.74, 6) is 1.66. The summed E-state index contributed by atoms with van der Waals surface area (Å²) in [6.45, 7) is 7.68. The number of hydrogen-bond acceptors (Lipinski definition) is 6. The zero-order valence-corrected chi connectivity index (χ0v) is 16.8. The van der Waals surface area contributed by atoms with Crippen LogP contribution in [0.25, 0.3) is 22.6 Å². The molecular formula is C21H27N7. The Hall–Kier alpha value is -2.54. The fraction of sp³-hybridized carbons (Fsp3) is 0.524. The number of pyridine rings is 1. The summed E-state index contributed by atoms with van der Waals surface area (Å²) in [4.78, 5) is 19.3. The lowest BCUT2D eigenvalue weighted by atomic mass is 9.97. The highest BCUT2D eigenvalue weighted by atomic mass is 15.4. The molecule has 3 aromatic rings. The Labute approximate surface area is 165 Å². The molecule has 0 N–H and O–H groups in total. The highest BCUT2D eigenvalue weighted by Crippen LogP contribution is 2.34. The van der Waals surface area contributed by atoms with Crippen LogP contribution < -0.4 is 4.90 Å². The van der Waals surface area contributed by atoms with Gasteiger partial charge in [-0.05, 0) is 45.4 Å². The second-order valence-electron chi connectivity index (χ2n) is 8.13. The molecule has 2 fully saturated rings. The normalized spacial score (nSPS) is 21.2. The second-order valence-corrected chi connectivity index (χ2v) is 8.13. The third-order valence-electron chi connectivity index (χ3n) is 6.22. The molecule has 2 aliphatic rings. The van der Waals surface area contributed by atoms with Gasteiger partial charge in [-0.25, -0.2) is 9.97 Å². The number of rotatable bonds is 3. The van der Waals surface area contributed by atoms with Crippen molar-refractivity contribution in [2.75, 3.05) is 24.5 Å². The van der Waals surface area contributed by atoms with Crippen LogP contribution in [0, 0.1) is 6.92 Å². The lowest BCUT2D eigenvalue weighted by Crippen LogP contribution is -2.62. The predicted octanol–water partition coefficient (Wildman–Crippen LogP) is 2.80. The van der Waals surface area contributed by atoms with Crippen molar-refractivity contribution in [1.29, 1.82) is 0 Å². The van der Waals surface area contributed by atoms with Crippen molar-refractivity contribution in [3.63, 3.8) is 0 Å². The molecule has 0 bridgehead atoms. The van der Waals surface area contributed by atoms with Gasteiger partial charge in [-0.1, -0.05) is 12.5 Å². The molecule has 5 rings (SSSR count). The first-order valence-corrected chi connectivity index (χ1v) is 10.3. The monoisotopic (exact) mass is 377 g/mol. The van der Waals surface area contributed by atoms with Gasteiger partial charge in [0, 0.05) is 38.4 Å². The van der Waals surface area contributed by atoms with E-state index in [9.17, 15) is 0 Å². The number of hydrogen-bond donors (Lipinski definition) is 0. The van der Waals surface area contributed by atoms with Crippen molar-refractivity contribution in [1.82, 2.24) is 29.6 Å². The first kappa shape index (κ1) is 17.6. The number of anilines is 1. The van der Waals surface area contributed by atoms with Crippen LogP contribution in [0.1, 0.15) is 31.9 Å². The van der Waals surface area contributed by atoms with Crippen LogP contribution in [-0.2, 0) is 7.05 Å². The number of aryl methyl sites for hydroxylation is 2. The molecule has 0 amide bonds. The molecule has 3 aromatic heterocycles. The molecule has 7 heteroatoms. The van der Waals surface area contributed by atoms with Crippen molar-refractivity contribution >= 4 is 16.9 Å². The average Bonchev–Trinajstić information content (AvgIpc) is 2.97. The van der Waals surface area contributed by atoms with Gasteiger partial charge in [0.25, 0.3) is 0 Å². The third-order valence-corrected chi connectivity index (χ3v) is 6.22. The first-order valence-electron chi connectivity index (χ1n) is 10.3. The maximum absolute atomic E-state index is 4.95. The zero-order valence-electron chi connectivity index (χ0n) is 16.8. The topological polar surface area (TPSA) is 63.0 Å². The van der Waals surface area contributed by atoms with Crippen LogP contribution in [0.5, 0.6) is 0 Å². The lowest BCUT2D eigenvalue weighted by Gasteiger charge is -2.49. The Morgan fingerprint density at radius 2 is 1.96 bits per heavy atom. The molecule has 5 heterocycles. The Morgan fingerprint density at radius 3 is 2.71 bits per heavy atom. The van der Waals surface area contributed by atoms with Crippen molar-refractivity contribution in [3.05, 3.63) is 30.1 Å². The van der Waals surface area contributed by atoms with Crippen LogP contribution in [0.2, 0.25) is 0 Å². The van der Waals surface area contributed by atoms with Crippen molar-refractivity contribution in [2.45, 2.75) is 45.2 Å². The summed E-state index contributed by atoms with van der Waals surface area (Å²) in [6, 6.07) is 7.16. The molecule has 0 spiro atoms. The minimum absolute atomic E-state index is 0.621. The van der Waals surface area contributed by atoms with E-state index < -0.39 is 0 Å². The molecule has 0 aliphatic carbocycles. The summed E-state index contributed by atoms with van der Waals surface area (Å²) < 4.78 is 1.85. The van der Waals surface area contributed by atoms with Crippen molar-refractivity contribution in [2.24, 2.45) is 7.05 Å². The number of piperidine rings is 1.